The molecular weight excluding hydrogens is 358 g/mol. The van der Waals surface area contributed by atoms with Gasteiger partial charge in [0, 0.05) is 32.5 Å². The van der Waals surface area contributed by atoms with Gasteiger partial charge in [0.05, 0.1) is 6.54 Å². The minimum Gasteiger partial charge on any atom is -0.448 e. The van der Waals surface area contributed by atoms with E-state index in [4.69, 9.17) is 9.15 Å². The van der Waals surface area contributed by atoms with Gasteiger partial charge in [0.1, 0.15) is 11.4 Å². The van der Waals surface area contributed by atoms with Crippen molar-refractivity contribution >= 4 is 12.0 Å². The Morgan fingerprint density at radius 1 is 1.25 bits per heavy atom. The number of hydrogen-bond acceptors (Lipinski definition) is 5. The van der Waals surface area contributed by atoms with Gasteiger partial charge < -0.3 is 19.0 Å². The van der Waals surface area contributed by atoms with Crippen molar-refractivity contribution < 1.29 is 18.7 Å². The molecule has 3 heterocycles. The number of ether oxygens (including phenoxy) is 1. The van der Waals surface area contributed by atoms with Crippen molar-refractivity contribution in [1.29, 1.82) is 0 Å². The van der Waals surface area contributed by atoms with Crippen molar-refractivity contribution in [2.75, 3.05) is 26.2 Å². The van der Waals surface area contributed by atoms with E-state index in [1.54, 1.807) is 16.7 Å². The molecule has 4 rings (SSSR count). The maximum Gasteiger partial charge on any atom is 0.410 e. The van der Waals surface area contributed by atoms with Crippen molar-refractivity contribution in [3.8, 4) is 0 Å². The van der Waals surface area contributed by atoms with Crippen molar-refractivity contribution in [2.24, 2.45) is 0 Å². The third-order valence-corrected chi connectivity index (χ3v) is 5.81. The first-order chi connectivity index (χ1) is 13.5. The van der Waals surface area contributed by atoms with Gasteiger partial charge in [-0.3, -0.25) is 4.79 Å². The van der Waals surface area contributed by atoms with Gasteiger partial charge in [0.2, 0.25) is 0 Å². The Morgan fingerprint density at radius 3 is 2.61 bits per heavy atom. The fraction of sp³-hybridized carbons (Fsp3) is 0.476. The summed E-state index contributed by atoms with van der Waals surface area (Å²) in [6.07, 6.45) is 2.31. The molecule has 2 amide bonds. The van der Waals surface area contributed by atoms with Gasteiger partial charge in [-0.2, -0.15) is 0 Å². The number of aromatic nitrogens is 1. The average Bonchev–Trinajstić information content (AvgIpc) is 3.26. The molecule has 1 spiro atoms. The van der Waals surface area contributed by atoms with Crippen molar-refractivity contribution in [3.05, 3.63) is 53.7 Å². The lowest BCUT2D eigenvalue weighted by Crippen LogP contribution is -2.49. The van der Waals surface area contributed by atoms with Gasteiger partial charge in [-0.1, -0.05) is 37.3 Å². The predicted octanol–water partition coefficient (Wildman–Crippen LogP) is 3.21. The van der Waals surface area contributed by atoms with E-state index in [0.717, 1.165) is 0 Å². The zero-order valence-electron chi connectivity index (χ0n) is 16.3. The Bertz CT molecular complexity index is 856. The highest BCUT2D eigenvalue weighted by molar-refractivity contribution is 5.93. The fourth-order valence-electron chi connectivity index (χ4n) is 4.09. The van der Waals surface area contributed by atoms with Crippen LogP contribution in [0.25, 0.3) is 0 Å². The minimum atomic E-state index is -0.497. The molecule has 148 valence electrons. The molecule has 0 bridgehead atoms. The molecular formula is C21H25N3O4. The van der Waals surface area contributed by atoms with E-state index in [-0.39, 0.29) is 17.9 Å². The Balaban J connectivity index is 1.36. The number of carbonyl (C=O) groups excluding carboxylic acids is 2. The molecule has 0 aliphatic carbocycles. The summed E-state index contributed by atoms with van der Waals surface area (Å²) in [5.74, 6) is 0.638. The van der Waals surface area contributed by atoms with Gasteiger partial charge in [-0.25, -0.2) is 9.78 Å². The highest BCUT2D eigenvalue weighted by Crippen LogP contribution is 2.34. The van der Waals surface area contributed by atoms with Crippen LogP contribution in [0, 0.1) is 6.92 Å². The molecule has 2 fully saturated rings. The highest BCUT2D eigenvalue weighted by atomic mass is 16.6. The molecule has 2 aromatic rings. The molecule has 0 N–H and O–H groups in total. The zero-order valence-corrected chi connectivity index (χ0v) is 16.3. The third kappa shape index (κ3) is 3.48. The van der Waals surface area contributed by atoms with E-state index in [1.807, 2.05) is 18.2 Å². The summed E-state index contributed by atoms with van der Waals surface area (Å²) < 4.78 is 10.9. The van der Waals surface area contributed by atoms with Crippen LogP contribution in [-0.2, 0) is 4.74 Å². The smallest absolute Gasteiger partial charge is 0.410 e. The molecule has 2 aliphatic heterocycles. The van der Waals surface area contributed by atoms with E-state index in [1.165, 1.54) is 12.0 Å². The molecule has 1 aromatic heterocycles. The lowest BCUT2D eigenvalue weighted by atomic mass is 9.90. The normalized spacial score (nSPS) is 19.7. The van der Waals surface area contributed by atoms with Crippen LogP contribution < -0.4 is 0 Å². The number of aryl methyl sites for hydroxylation is 1. The number of nitrogens with zero attached hydrogens (tertiary/aromatic N) is 3. The molecule has 7 heteroatoms. The number of oxazole rings is 1. The largest absolute Gasteiger partial charge is 0.448 e. The number of rotatable bonds is 4. The molecule has 1 aromatic carbocycles. The van der Waals surface area contributed by atoms with E-state index in [0.29, 0.717) is 50.5 Å². The van der Waals surface area contributed by atoms with Crippen molar-refractivity contribution in [2.45, 2.75) is 38.2 Å². The van der Waals surface area contributed by atoms with Crippen LogP contribution >= 0.6 is 0 Å². The summed E-state index contributed by atoms with van der Waals surface area (Å²) in [7, 11) is 0. The van der Waals surface area contributed by atoms with Crippen LogP contribution in [0.3, 0.4) is 0 Å². The molecule has 0 saturated carbocycles. The lowest BCUT2D eigenvalue weighted by Gasteiger charge is -2.37. The summed E-state index contributed by atoms with van der Waals surface area (Å²) in [5, 5.41) is 0. The topological polar surface area (TPSA) is 75.9 Å². The number of likely N-dealkylation sites (tertiary alicyclic amines) is 1. The fourth-order valence-corrected chi connectivity index (χ4v) is 4.09. The van der Waals surface area contributed by atoms with Crippen LogP contribution in [0.1, 0.15) is 47.5 Å². The Morgan fingerprint density at radius 2 is 1.96 bits per heavy atom. The SMILES string of the molecule is Cc1ocnc1C(=O)N1CCC2(CC1)CN(CC(C)c1ccccc1)C(=O)O2. The first kappa shape index (κ1) is 18.5. The molecule has 28 heavy (non-hydrogen) atoms. The maximum atomic E-state index is 12.6. The summed E-state index contributed by atoms with van der Waals surface area (Å²) in [5.41, 5.74) is 1.07. The predicted molar refractivity (Wildman–Crippen MR) is 102 cm³/mol. The molecule has 0 radical (unpaired) electrons. The Labute approximate surface area is 164 Å². The number of carbonyl (C=O) groups is 2. The van der Waals surface area contributed by atoms with Crippen LogP contribution in [-0.4, -0.2) is 58.6 Å². The van der Waals surface area contributed by atoms with E-state index in [2.05, 4.69) is 24.0 Å². The second-order valence-corrected chi connectivity index (χ2v) is 7.79. The quantitative estimate of drug-likeness (QED) is 0.810. The first-order valence-electron chi connectivity index (χ1n) is 9.70. The second-order valence-electron chi connectivity index (χ2n) is 7.79. The van der Waals surface area contributed by atoms with Gasteiger partial charge in [0.25, 0.3) is 5.91 Å². The van der Waals surface area contributed by atoms with Crippen LogP contribution in [0.5, 0.6) is 0 Å². The minimum absolute atomic E-state index is 0.125. The summed E-state index contributed by atoms with van der Waals surface area (Å²) in [4.78, 5) is 32.6. The Kier molecular flexibility index (Phi) is 4.83. The summed E-state index contributed by atoms with van der Waals surface area (Å²) in [6.45, 7) is 6.14. The van der Waals surface area contributed by atoms with E-state index < -0.39 is 5.60 Å². The second kappa shape index (κ2) is 7.30. The standard InChI is InChI=1S/C21H25N3O4/c1-15(17-6-4-3-5-7-17)12-24-13-21(28-20(24)26)8-10-23(11-9-21)19(25)18-16(2)27-14-22-18/h3-7,14-15H,8-13H2,1-2H3. The maximum absolute atomic E-state index is 12.6. The van der Waals surface area contributed by atoms with E-state index in [9.17, 15) is 9.59 Å². The monoisotopic (exact) mass is 383 g/mol. The van der Waals surface area contributed by atoms with Crippen LogP contribution in [0.15, 0.2) is 41.1 Å². The number of hydrogen-bond donors (Lipinski definition) is 0. The molecule has 1 atom stereocenters. The highest BCUT2D eigenvalue weighted by Gasteiger charge is 2.47. The van der Waals surface area contributed by atoms with Gasteiger partial charge in [-0.05, 0) is 18.4 Å². The van der Waals surface area contributed by atoms with Gasteiger partial charge in [-0.15, -0.1) is 0 Å². The average molecular weight is 383 g/mol. The summed E-state index contributed by atoms with van der Waals surface area (Å²) >= 11 is 0. The zero-order chi connectivity index (χ0) is 19.7. The van der Waals surface area contributed by atoms with Gasteiger partial charge in [0.15, 0.2) is 12.1 Å². The molecule has 1 unspecified atom stereocenters. The van der Waals surface area contributed by atoms with Crippen molar-refractivity contribution in [3.63, 3.8) is 0 Å². The summed E-state index contributed by atoms with van der Waals surface area (Å²) in [6, 6.07) is 10.2. The number of piperidine rings is 1. The lowest BCUT2D eigenvalue weighted by molar-refractivity contribution is 0.00294. The van der Waals surface area contributed by atoms with Crippen LogP contribution in [0.4, 0.5) is 4.79 Å². The van der Waals surface area contributed by atoms with Crippen molar-refractivity contribution in [1.82, 2.24) is 14.8 Å². The molecule has 2 saturated heterocycles. The van der Waals surface area contributed by atoms with Crippen LogP contribution in [0.2, 0.25) is 0 Å². The first-order valence-corrected chi connectivity index (χ1v) is 9.70. The molecule has 2 aliphatic rings. The third-order valence-electron chi connectivity index (χ3n) is 5.81. The van der Waals surface area contributed by atoms with E-state index >= 15 is 0 Å². The Hall–Kier alpha value is -2.83. The van der Waals surface area contributed by atoms with Gasteiger partial charge >= 0.3 is 6.09 Å². The number of benzene rings is 1. The number of amides is 2. The molecule has 7 nitrogen and oxygen atoms in total.